The molecule has 0 bridgehead atoms. The van der Waals surface area contributed by atoms with Crippen molar-refractivity contribution >= 4 is 35.6 Å². The summed E-state index contributed by atoms with van der Waals surface area (Å²) in [6, 6.07) is -4.11. The molecule has 0 aromatic carbocycles. The van der Waals surface area contributed by atoms with Crippen LogP contribution in [0.4, 0.5) is 0 Å². The molecule has 1 aromatic heterocycles. The molecular formula is C22H36N10O6. The average Bonchev–Trinajstić information content (AvgIpc) is 3.57. The van der Waals surface area contributed by atoms with Crippen LogP contribution in [-0.4, -0.2) is 87.9 Å². The molecule has 12 N–H and O–H groups in total. The molecule has 2 heterocycles. The van der Waals surface area contributed by atoms with Gasteiger partial charge in [-0.05, 0) is 38.6 Å². The van der Waals surface area contributed by atoms with Gasteiger partial charge in [-0.3, -0.25) is 24.2 Å². The molecule has 16 nitrogen and oxygen atoms in total. The first kappa shape index (κ1) is 30.0. The second kappa shape index (κ2) is 15.1. The lowest BCUT2D eigenvalue weighted by Gasteiger charge is -2.25. The molecule has 38 heavy (non-hydrogen) atoms. The van der Waals surface area contributed by atoms with Gasteiger partial charge in [-0.2, -0.15) is 0 Å². The quantitative estimate of drug-likeness (QED) is 0.0572. The fourth-order valence-corrected chi connectivity index (χ4v) is 3.87. The van der Waals surface area contributed by atoms with Crippen LogP contribution in [0.3, 0.4) is 0 Å². The number of guanidine groups is 1. The van der Waals surface area contributed by atoms with Gasteiger partial charge in [0.25, 0.3) is 0 Å². The van der Waals surface area contributed by atoms with Crippen LogP contribution >= 0.6 is 0 Å². The number of H-pyrrole nitrogens is 1. The van der Waals surface area contributed by atoms with Crippen LogP contribution in [0.25, 0.3) is 0 Å². The lowest BCUT2D eigenvalue weighted by Crippen LogP contribution is -2.57. The first-order valence-corrected chi connectivity index (χ1v) is 12.2. The van der Waals surface area contributed by atoms with E-state index in [1.807, 2.05) is 0 Å². The molecule has 0 saturated carbocycles. The minimum Gasteiger partial charge on any atom is -0.480 e. The number of aromatic nitrogens is 2. The molecule has 4 unspecified atom stereocenters. The van der Waals surface area contributed by atoms with Crippen molar-refractivity contribution in [3.63, 3.8) is 0 Å². The second-order valence-electron chi connectivity index (χ2n) is 8.91. The Balaban J connectivity index is 2.12. The fraction of sp³-hybridized carbons (Fsp3) is 0.591. The summed E-state index contributed by atoms with van der Waals surface area (Å²) in [7, 11) is 0. The molecule has 4 atom stereocenters. The first-order chi connectivity index (χ1) is 18.1. The molecule has 4 amide bonds. The number of carboxylic acid groups (broad SMARTS) is 1. The van der Waals surface area contributed by atoms with Crippen LogP contribution in [0.15, 0.2) is 17.5 Å². The standard InChI is InChI=1S/C22H36N10O6/c23-17(33)6-5-14(19(35)31-15(21(37)38)4-2-8-28-22(24)25)30-20(36)16(9-12-10-26-11-29-12)32-18(34)13-3-1-7-27-13/h10-11,13-16,27H,1-9H2,(H2,23,33)(H,26,29)(H,30,36)(H,31,35)(H,32,34)(H,37,38)(H4,24,25,28). The smallest absolute Gasteiger partial charge is 0.326 e. The van der Waals surface area contributed by atoms with Gasteiger partial charge < -0.3 is 48.6 Å². The van der Waals surface area contributed by atoms with Crippen LogP contribution in [0.5, 0.6) is 0 Å². The number of aromatic amines is 1. The van der Waals surface area contributed by atoms with Gasteiger partial charge in [-0.25, -0.2) is 9.78 Å². The number of hydrogen-bond acceptors (Lipinski definition) is 8. The third-order valence-electron chi connectivity index (χ3n) is 5.86. The normalized spacial score (nSPS) is 17.0. The lowest BCUT2D eigenvalue weighted by molar-refractivity contribution is -0.142. The average molecular weight is 537 g/mol. The lowest BCUT2D eigenvalue weighted by atomic mass is 10.1. The number of carboxylic acids is 1. The van der Waals surface area contributed by atoms with Crippen molar-refractivity contribution in [2.75, 3.05) is 13.1 Å². The van der Waals surface area contributed by atoms with Crippen molar-refractivity contribution in [1.82, 2.24) is 31.2 Å². The van der Waals surface area contributed by atoms with Crippen molar-refractivity contribution in [3.05, 3.63) is 18.2 Å². The van der Waals surface area contributed by atoms with Crippen LogP contribution in [0.2, 0.25) is 0 Å². The van der Waals surface area contributed by atoms with Gasteiger partial charge in [0.2, 0.25) is 23.6 Å². The number of nitrogens with one attached hydrogen (secondary N) is 5. The molecule has 210 valence electrons. The van der Waals surface area contributed by atoms with Crippen molar-refractivity contribution in [3.8, 4) is 0 Å². The van der Waals surface area contributed by atoms with E-state index >= 15 is 0 Å². The van der Waals surface area contributed by atoms with Crippen molar-refractivity contribution < 1.29 is 29.1 Å². The number of nitrogens with zero attached hydrogens (tertiary/aromatic N) is 2. The van der Waals surface area contributed by atoms with E-state index in [0.29, 0.717) is 18.7 Å². The monoisotopic (exact) mass is 536 g/mol. The number of carbonyl (C=O) groups is 5. The fourth-order valence-electron chi connectivity index (χ4n) is 3.87. The third-order valence-corrected chi connectivity index (χ3v) is 5.86. The predicted molar refractivity (Wildman–Crippen MR) is 135 cm³/mol. The Morgan fingerprint density at radius 1 is 1.05 bits per heavy atom. The summed E-state index contributed by atoms with van der Waals surface area (Å²) in [5.41, 5.74) is 16.3. The van der Waals surface area contributed by atoms with E-state index in [-0.39, 0.29) is 50.5 Å². The highest BCUT2D eigenvalue weighted by Crippen LogP contribution is 2.08. The number of amides is 4. The highest BCUT2D eigenvalue weighted by atomic mass is 16.4. The molecule has 0 spiro atoms. The zero-order chi connectivity index (χ0) is 28.1. The maximum Gasteiger partial charge on any atom is 0.326 e. The zero-order valence-corrected chi connectivity index (χ0v) is 20.9. The van der Waals surface area contributed by atoms with E-state index in [4.69, 9.17) is 17.2 Å². The Morgan fingerprint density at radius 2 is 1.76 bits per heavy atom. The van der Waals surface area contributed by atoms with Gasteiger partial charge >= 0.3 is 5.97 Å². The number of primary amides is 1. The highest BCUT2D eigenvalue weighted by Gasteiger charge is 2.32. The number of imidazole rings is 1. The minimum atomic E-state index is -1.29. The zero-order valence-electron chi connectivity index (χ0n) is 20.9. The molecule has 1 saturated heterocycles. The number of aliphatic carboxylic acids is 1. The predicted octanol–water partition coefficient (Wildman–Crippen LogP) is -3.44. The summed E-state index contributed by atoms with van der Waals surface area (Å²) in [6.45, 7) is 0.843. The van der Waals surface area contributed by atoms with Crippen LogP contribution in [-0.2, 0) is 30.4 Å². The summed E-state index contributed by atoms with van der Waals surface area (Å²) in [5, 5.41) is 20.2. The molecule has 2 rings (SSSR count). The molecule has 1 aliphatic rings. The summed E-state index contributed by atoms with van der Waals surface area (Å²) in [6.07, 6.45) is 4.27. The SMILES string of the molecule is NC(=O)CCC(NC(=O)C(Cc1cnc[nH]1)NC(=O)C1CCCN1)C(=O)NC(CCCN=C(N)N)C(=O)O. The van der Waals surface area contributed by atoms with Crippen LogP contribution in [0, 0.1) is 0 Å². The largest absolute Gasteiger partial charge is 0.480 e. The Bertz CT molecular complexity index is 989. The number of nitrogens with two attached hydrogens (primary N) is 3. The molecule has 1 fully saturated rings. The maximum absolute atomic E-state index is 13.2. The van der Waals surface area contributed by atoms with Crippen molar-refractivity contribution in [2.24, 2.45) is 22.2 Å². The Hall–Kier alpha value is -4.21. The third kappa shape index (κ3) is 10.4. The Morgan fingerprint density at radius 3 is 2.34 bits per heavy atom. The van der Waals surface area contributed by atoms with E-state index in [1.54, 1.807) is 0 Å². The van der Waals surface area contributed by atoms with Gasteiger partial charge in [0.05, 0.1) is 12.4 Å². The van der Waals surface area contributed by atoms with E-state index in [2.05, 4.69) is 36.2 Å². The van der Waals surface area contributed by atoms with Gasteiger partial charge in [0.15, 0.2) is 5.96 Å². The maximum atomic E-state index is 13.2. The molecule has 16 heteroatoms. The van der Waals surface area contributed by atoms with Gasteiger partial charge in [0.1, 0.15) is 18.1 Å². The van der Waals surface area contributed by atoms with Crippen molar-refractivity contribution in [1.29, 1.82) is 0 Å². The van der Waals surface area contributed by atoms with E-state index in [9.17, 15) is 29.1 Å². The highest BCUT2D eigenvalue weighted by molar-refractivity contribution is 5.94. The molecular weight excluding hydrogens is 500 g/mol. The van der Waals surface area contributed by atoms with Crippen LogP contribution in [0.1, 0.15) is 44.2 Å². The first-order valence-electron chi connectivity index (χ1n) is 12.2. The number of hydrogen-bond donors (Lipinski definition) is 9. The second-order valence-corrected chi connectivity index (χ2v) is 8.91. The topological polar surface area (TPSA) is 273 Å². The Kier molecular flexibility index (Phi) is 12.0. The van der Waals surface area contributed by atoms with Crippen molar-refractivity contribution in [2.45, 2.75) is 69.1 Å². The number of rotatable bonds is 16. The molecule has 0 radical (unpaired) electrons. The van der Waals surface area contributed by atoms with E-state index in [0.717, 1.165) is 6.42 Å². The van der Waals surface area contributed by atoms with Gasteiger partial charge in [-0.15, -0.1) is 0 Å². The summed E-state index contributed by atoms with van der Waals surface area (Å²) in [5.74, 6) is -4.04. The van der Waals surface area contributed by atoms with E-state index in [1.165, 1.54) is 12.5 Å². The Labute approximate surface area is 219 Å². The molecule has 1 aromatic rings. The molecule has 1 aliphatic heterocycles. The van der Waals surface area contributed by atoms with Crippen LogP contribution < -0.4 is 38.5 Å². The number of aliphatic imine (C=N–C) groups is 1. The van der Waals surface area contributed by atoms with E-state index < -0.39 is 47.9 Å². The number of carbonyl (C=O) groups excluding carboxylic acids is 4. The summed E-state index contributed by atoms with van der Waals surface area (Å²) >= 11 is 0. The summed E-state index contributed by atoms with van der Waals surface area (Å²) in [4.78, 5) is 72.6. The minimum absolute atomic E-state index is 0.0151. The van der Waals surface area contributed by atoms with Gasteiger partial charge in [0, 0.05) is 31.3 Å². The van der Waals surface area contributed by atoms with Gasteiger partial charge in [-0.1, -0.05) is 0 Å². The summed E-state index contributed by atoms with van der Waals surface area (Å²) < 4.78 is 0. The molecule has 0 aliphatic carbocycles.